The van der Waals surface area contributed by atoms with E-state index in [1.54, 1.807) is 6.20 Å². The van der Waals surface area contributed by atoms with E-state index in [4.69, 9.17) is 0 Å². The fourth-order valence-electron chi connectivity index (χ4n) is 3.67. The third-order valence-electron chi connectivity index (χ3n) is 5.15. The lowest BCUT2D eigenvalue weighted by Crippen LogP contribution is -2.38. The molecule has 1 saturated heterocycles. The van der Waals surface area contributed by atoms with Crippen molar-refractivity contribution >= 4 is 5.91 Å². The minimum atomic E-state index is 0.0781. The zero-order valence-electron chi connectivity index (χ0n) is 14.9. The lowest BCUT2D eigenvalue weighted by atomic mass is 9.91. The zero-order valence-corrected chi connectivity index (χ0v) is 14.9. The Labute approximate surface area is 152 Å². The number of likely N-dealkylation sites (tertiary alicyclic amines) is 1. The van der Waals surface area contributed by atoms with Gasteiger partial charge in [-0.2, -0.15) is 10.2 Å². The van der Waals surface area contributed by atoms with Crippen LogP contribution in [0.5, 0.6) is 0 Å². The predicted octanol–water partition coefficient (Wildman–Crippen LogP) is 2.75. The van der Waals surface area contributed by atoms with E-state index in [2.05, 4.69) is 33.6 Å². The molecule has 3 aromatic rings. The fraction of sp³-hybridized carbons (Fsp3) is 0.350. The maximum absolute atomic E-state index is 13.0. The number of nitrogens with one attached hydrogen (secondary N) is 1. The summed E-state index contributed by atoms with van der Waals surface area (Å²) >= 11 is 0. The molecule has 0 bridgehead atoms. The SMILES string of the molecule is Cn1cc(C2CCN(C(=O)c3cn[nH]c3Cc3ccccc3)CC2)cn1. The van der Waals surface area contributed by atoms with Gasteiger partial charge in [-0.1, -0.05) is 30.3 Å². The van der Waals surface area contributed by atoms with Crippen molar-refractivity contribution in [3.63, 3.8) is 0 Å². The van der Waals surface area contributed by atoms with Crippen molar-refractivity contribution in [3.05, 3.63) is 71.3 Å². The zero-order chi connectivity index (χ0) is 17.9. The van der Waals surface area contributed by atoms with Gasteiger partial charge in [-0.3, -0.25) is 14.6 Å². The van der Waals surface area contributed by atoms with Crippen LogP contribution in [0.25, 0.3) is 0 Å². The summed E-state index contributed by atoms with van der Waals surface area (Å²) in [6.07, 6.45) is 8.32. The number of aromatic nitrogens is 4. The normalized spacial score (nSPS) is 15.3. The average molecular weight is 349 g/mol. The van der Waals surface area contributed by atoms with Crippen LogP contribution in [0.15, 0.2) is 48.9 Å². The van der Waals surface area contributed by atoms with Gasteiger partial charge in [0.05, 0.1) is 23.7 Å². The molecule has 1 N–H and O–H groups in total. The van der Waals surface area contributed by atoms with Crippen molar-refractivity contribution in [3.8, 4) is 0 Å². The fourth-order valence-corrected chi connectivity index (χ4v) is 3.67. The summed E-state index contributed by atoms with van der Waals surface area (Å²) in [6, 6.07) is 10.1. The van der Waals surface area contributed by atoms with E-state index in [1.807, 2.05) is 41.0 Å². The van der Waals surface area contributed by atoms with Crippen LogP contribution >= 0.6 is 0 Å². The van der Waals surface area contributed by atoms with Gasteiger partial charge in [0.2, 0.25) is 0 Å². The van der Waals surface area contributed by atoms with Crippen LogP contribution in [0.1, 0.15) is 45.9 Å². The van der Waals surface area contributed by atoms with Crippen LogP contribution in [0.2, 0.25) is 0 Å². The number of carbonyl (C=O) groups excluding carboxylic acids is 1. The Kier molecular flexibility index (Phi) is 4.56. The molecule has 6 heteroatoms. The van der Waals surface area contributed by atoms with Crippen LogP contribution < -0.4 is 0 Å². The van der Waals surface area contributed by atoms with Crippen LogP contribution in [0.4, 0.5) is 0 Å². The van der Waals surface area contributed by atoms with Crippen LogP contribution in [-0.4, -0.2) is 43.9 Å². The molecule has 4 rings (SSSR count). The first-order chi connectivity index (χ1) is 12.7. The molecular weight excluding hydrogens is 326 g/mol. The maximum atomic E-state index is 13.0. The number of H-pyrrole nitrogens is 1. The second-order valence-corrected chi connectivity index (χ2v) is 6.94. The van der Waals surface area contributed by atoms with Crippen molar-refractivity contribution in [2.24, 2.45) is 7.05 Å². The molecular formula is C20H23N5O. The first-order valence-corrected chi connectivity index (χ1v) is 9.04. The van der Waals surface area contributed by atoms with Gasteiger partial charge in [0.25, 0.3) is 5.91 Å². The van der Waals surface area contributed by atoms with E-state index in [0.717, 1.165) is 31.6 Å². The lowest BCUT2D eigenvalue weighted by Gasteiger charge is -2.31. The summed E-state index contributed by atoms with van der Waals surface area (Å²) < 4.78 is 1.84. The third-order valence-corrected chi connectivity index (χ3v) is 5.15. The molecule has 6 nitrogen and oxygen atoms in total. The Bertz CT molecular complexity index is 875. The van der Waals surface area contributed by atoms with Gasteiger partial charge in [-0.25, -0.2) is 0 Å². The van der Waals surface area contributed by atoms with Crippen molar-refractivity contribution in [1.29, 1.82) is 0 Å². The van der Waals surface area contributed by atoms with Crippen LogP contribution in [-0.2, 0) is 13.5 Å². The first-order valence-electron chi connectivity index (χ1n) is 9.04. The Morgan fingerprint density at radius 3 is 2.65 bits per heavy atom. The predicted molar refractivity (Wildman–Crippen MR) is 98.9 cm³/mol. The minimum Gasteiger partial charge on any atom is -0.338 e. The molecule has 0 aliphatic carbocycles. The van der Waals surface area contributed by atoms with Gasteiger partial charge in [-0.05, 0) is 29.9 Å². The number of hydrogen-bond donors (Lipinski definition) is 1. The number of rotatable bonds is 4. The standard InChI is InChI=1S/C20H23N5O/c1-24-14-17(12-22-24)16-7-9-25(10-8-16)20(26)18-13-21-23-19(18)11-15-5-3-2-4-6-15/h2-6,12-14,16H,7-11H2,1H3,(H,21,23). The number of hydrogen-bond acceptors (Lipinski definition) is 3. The van der Waals surface area contributed by atoms with E-state index in [-0.39, 0.29) is 5.91 Å². The monoisotopic (exact) mass is 349 g/mol. The number of aromatic amines is 1. The third kappa shape index (κ3) is 3.40. The van der Waals surface area contributed by atoms with Gasteiger partial charge in [0, 0.05) is 32.8 Å². The number of nitrogens with zero attached hydrogens (tertiary/aromatic N) is 4. The van der Waals surface area contributed by atoms with Gasteiger partial charge in [-0.15, -0.1) is 0 Å². The van der Waals surface area contributed by atoms with Gasteiger partial charge in [0.1, 0.15) is 0 Å². The number of aryl methyl sites for hydroxylation is 1. The van der Waals surface area contributed by atoms with Crippen molar-refractivity contribution < 1.29 is 4.79 Å². The summed E-state index contributed by atoms with van der Waals surface area (Å²) in [5, 5.41) is 11.4. The highest BCUT2D eigenvalue weighted by atomic mass is 16.2. The molecule has 1 aliphatic rings. The molecule has 0 atom stereocenters. The molecule has 0 unspecified atom stereocenters. The quantitative estimate of drug-likeness (QED) is 0.787. The molecule has 1 aliphatic heterocycles. The topological polar surface area (TPSA) is 66.8 Å². The number of carbonyl (C=O) groups is 1. The molecule has 0 spiro atoms. The van der Waals surface area contributed by atoms with Crippen LogP contribution in [0.3, 0.4) is 0 Å². The molecule has 1 aromatic carbocycles. The van der Waals surface area contributed by atoms with E-state index in [1.165, 1.54) is 11.1 Å². The Hall–Kier alpha value is -2.89. The summed E-state index contributed by atoms with van der Waals surface area (Å²) in [5.74, 6) is 0.565. The highest BCUT2D eigenvalue weighted by molar-refractivity contribution is 5.95. The second kappa shape index (κ2) is 7.15. The lowest BCUT2D eigenvalue weighted by molar-refractivity contribution is 0.0712. The molecule has 0 saturated carbocycles. The molecule has 1 amide bonds. The minimum absolute atomic E-state index is 0.0781. The van der Waals surface area contributed by atoms with Gasteiger partial charge >= 0.3 is 0 Å². The van der Waals surface area contributed by atoms with E-state index in [9.17, 15) is 4.79 Å². The van der Waals surface area contributed by atoms with Crippen molar-refractivity contribution in [2.75, 3.05) is 13.1 Å². The van der Waals surface area contributed by atoms with Gasteiger partial charge < -0.3 is 4.90 Å². The summed E-state index contributed by atoms with van der Waals surface area (Å²) in [4.78, 5) is 14.9. The van der Waals surface area contributed by atoms with E-state index in [0.29, 0.717) is 17.9 Å². The van der Waals surface area contributed by atoms with Crippen molar-refractivity contribution in [2.45, 2.75) is 25.2 Å². The Balaban J connectivity index is 1.42. The molecule has 2 aromatic heterocycles. The van der Waals surface area contributed by atoms with Crippen molar-refractivity contribution in [1.82, 2.24) is 24.9 Å². The summed E-state index contributed by atoms with van der Waals surface area (Å²) in [7, 11) is 1.94. The highest BCUT2D eigenvalue weighted by Gasteiger charge is 2.27. The van der Waals surface area contributed by atoms with Gasteiger partial charge in [0.15, 0.2) is 0 Å². The molecule has 134 valence electrons. The molecule has 3 heterocycles. The highest BCUT2D eigenvalue weighted by Crippen LogP contribution is 2.28. The Morgan fingerprint density at radius 1 is 1.19 bits per heavy atom. The smallest absolute Gasteiger partial charge is 0.257 e. The molecule has 0 radical (unpaired) electrons. The first kappa shape index (κ1) is 16.6. The molecule has 1 fully saturated rings. The maximum Gasteiger partial charge on any atom is 0.257 e. The summed E-state index contributed by atoms with van der Waals surface area (Å²) in [6.45, 7) is 1.54. The van der Waals surface area contributed by atoms with E-state index >= 15 is 0 Å². The Morgan fingerprint density at radius 2 is 1.96 bits per heavy atom. The summed E-state index contributed by atoms with van der Waals surface area (Å²) in [5.41, 5.74) is 4.01. The number of piperidine rings is 1. The average Bonchev–Trinajstić information content (AvgIpc) is 3.31. The van der Waals surface area contributed by atoms with Crippen LogP contribution in [0, 0.1) is 0 Å². The molecule has 26 heavy (non-hydrogen) atoms. The second-order valence-electron chi connectivity index (χ2n) is 6.94. The number of benzene rings is 1. The largest absolute Gasteiger partial charge is 0.338 e. The number of amides is 1. The van der Waals surface area contributed by atoms with E-state index < -0.39 is 0 Å².